The molecule has 0 aromatic heterocycles. The normalized spacial score (nSPS) is 10.8. The van der Waals surface area contributed by atoms with Crippen molar-refractivity contribution in [3.05, 3.63) is 84.4 Å². The van der Waals surface area contributed by atoms with E-state index in [0.29, 0.717) is 0 Å². The lowest BCUT2D eigenvalue weighted by Gasteiger charge is -2.08. The smallest absolute Gasteiger partial charge is 0.0321 e. The average molecular weight is 349 g/mol. The standard InChI is InChI=1S/C24H14.CH6Si/c1-2-16-8-5-9-19-12-22-13-20-10-17-6-3-4-7-18(17)11-21(20)14-23(22)15-24(16)19;1-2/h1,3-15H;1-2H3. The maximum absolute atomic E-state index is 5.66. The van der Waals surface area contributed by atoms with E-state index in [-0.39, 0.29) is 0 Å². The van der Waals surface area contributed by atoms with Gasteiger partial charge < -0.3 is 0 Å². The van der Waals surface area contributed by atoms with Crippen LogP contribution in [-0.2, 0) is 0 Å². The fourth-order valence-corrected chi connectivity index (χ4v) is 3.60. The first-order valence-electron chi connectivity index (χ1n) is 9.07. The Bertz CT molecular complexity index is 1310. The second kappa shape index (κ2) is 6.67. The molecule has 1 heteroatoms. The Kier molecular flexibility index (Phi) is 4.20. The minimum Gasteiger partial charge on any atom is -0.115 e. The monoisotopic (exact) mass is 348 g/mol. The summed E-state index contributed by atoms with van der Waals surface area (Å²) in [5, 5.41) is 9.90. The maximum Gasteiger partial charge on any atom is 0.0321 e. The van der Waals surface area contributed by atoms with E-state index in [9.17, 15) is 0 Å². The fourth-order valence-electron chi connectivity index (χ4n) is 3.60. The van der Waals surface area contributed by atoms with E-state index in [2.05, 4.69) is 79.2 Å². The third kappa shape index (κ3) is 2.65. The van der Waals surface area contributed by atoms with Crippen LogP contribution in [0.5, 0.6) is 0 Å². The summed E-state index contributed by atoms with van der Waals surface area (Å²) in [6.45, 7) is 2.14. The lowest BCUT2D eigenvalue weighted by atomic mass is 9.96. The van der Waals surface area contributed by atoms with Gasteiger partial charge in [0.05, 0.1) is 0 Å². The van der Waals surface area contributed by atoms with Crippen LogP contribution in [0.4, 0.5) is 0 Å². The van der Waals surface area contributed by atoms with Crippen molar-refractivity contribution in [2.45, 2.75) is 6.55 Å². The van der Waals surface area contributed by atoms with Gasteiger partial charge in [-0.3, -0.25) is 0 Å². The van der Waals surface area contributed by atoms with Crippen LogP contribution in [0, 0.1) is 12.3 Å². The van der Waals surface area contributed by atoms with Gasteiger partial charge in [-0.25, -0.2) is 0 Å². The highest BCUT2D eigenvalue weighted by atomic mass is 28.1. The highest BCUT2D eigenvalue weighted by Crippen LogP contribution is 2.31. The molecule has 0 N–H and O–H groups in total. The van der Waals surface area contributed by atoms with E-state index >= 15 is 0 Å². The molecule has 5 rings (SSSR count). The number of fused-ring (bicyclic) bond motifs is 4. The third-order valence-electron chi connectivity index (χ3n) is 4.81. The summed E-state index contributed by atoms with van der Waals surface area (Å²) >= 11 is 0. The lowest BCUT2D eigenvalue weighted by molar-refractivity contribution is 1.73. The van der Waals surface area contributed by atoms with Gasteiger partial charge in [0, 0.05) is 5.56 Å². The molecule has 124 valence electrons. The summed E-state index contributed by atoms with van der Waals surface area (Å²) in [6, 6.07) is 28.2. The molecule has 5 aromatic rings. The number of rotatable bonds is 0. The van der Waals surface area contributed by atoms with Crippen LogP contribution in [-0.4, -0.2) is 10.2 Å². The lowest BCUT2D eigenvalue weighted by Crippen LogP contribution is -1.83. The van der Waals surface area contributed by atoms with Gasteiger partial charge in [-0.15, -0.1) is 6.42 Å². The molecular formula is C25H20Si. The molecule has 0 unspecified atom stereocenters. The molecule has 0 aliphatic carbocycles. The topological polar surface area (TPSA) is 0 Å². The zero-order valence-corrected chi connectivity index (χ0v) is 17.1. The Morgan fingerprint density at radius 2 is 1.04 bits per heavy atom. The van der Waals surface area contributed by atoms with E-state index in [1.54, 1.807) is 0 Å². The molecule has 0 aliphatic heterocycles. The number of hydrogen-bond acceptors (Lipinski definition) is 0. The van der Waals surface area contributed by atoms with Gasteiger partial charge in [0.25, 0.3) is 0 Å². The maximum atomic E-state index is 5.66. The highest BCUT2D eigenvalue weighted by molar-refractivity contribution is 6.08. The molecule has 0 amide bonds. The van der Waals surface area contributed by atoms with Crippen molar-refractivity contribution < 1.29 is 0 Å². The fraction of sp³-hybridized carbons (Fsp3) is 0.0400. The molecule has 0 fully saturated rings. The minimum absolute atomic E-state index is 0.952. The van der Waals surface area contributed by atoms with Gasteiger partial charge in [-0.2, -0.15) is 0 Å². The van der Waals surface area contributed by atoms with Crippen LogP contribution in [0.3, 0.4) is 0 Å². The van der Waals surface area contributed by atoms with Crippen LogP contribution >= 0.6 is 0 Å². The van der Waals surface area contributed by atoms with E-state index < -0.39 is 0 Å². The molecule has 0 saturated heterocycles. The van der Waals surface area contributed by atoms with Gasteiger partial charge in [-0.1, -0.05) is 48.9 Å². The zero-order chi connectivity index (χ0) is 18.1. The van der Waals surface area contributed by atoms with Crippen molar-refractivity contribution in [3.63, 3.8) is 0 Å². The van der Waals surface area contributed by atoms with E-state index in [4.69, 9.17) is 6.42 Å². The molecule has 0 heterocycles. The van der Waals surface area contributed by atoms with Crippen LogP contribution in [0.25, 0.3) is 43.1 Å². The molecule has 0 atom stereocenters. The van der Waals surface area contributed by atoms with Gasteiger partial charge in [-0.05, 0) is 95.8 Å². The molecule has 26 heavy (non-hydrogen) atoms. The molecule has 0 spiro atoms. The van der Waals surface area contributed by atoms with Crippen molar-refractivity contribution in [2.24, 2.45) is 0 Å². The zero-order valence-electron chi connectivity index (χ0n) is 15.1. The van der Waals surface area contributed by atoms with Crippen molar-refractivity contribution in [1.29, 1.82) is 0 Å². The quantitative estimate of drug-likeness (QED) is 0.192. The van der Waals surface area contributed by atoms with Gasteiger partial charge >= 0.3 is 0 Å². The van der Waals surface area contributed by atoms with Crippen LogP contribution < -0.4 is 0 Å². The molecule has 0 aliphatic rings. The van der Waals surface area contributed by atoms with Crippen LogP contribution in [0.2, 0.25) is 6.55 Å². The molecule has 5 aromatic carbocycles. The predicted molar refractivity (Wildman–Crippen MR) is 120 cm³/mol. The minimum atomic E-state index is 0.952. The predicted octanol–water partition coefficient (Wildman–Crippen LogP) is 5.68. The molecule has 0 radical (unpaired) electrons. The van der Waals surface area contributed by atoms with Crippen LogP contribution in [0.1, 0.15) is 5.56 Å². The number of benzene rings is 5. The first-order valence-corrected chi connectivity index (χ1v) is 11.1. The second-order valence-corrected chi connectivity index (χ2v) is 6.27. The summed E-state index contributed by atoms with van der Waals surface area (Å²) in [5.41, 5.74) is 0.952. The van der Waals surface area contributed by atoms with Gasteiger partial charge in [0.2, 0.25) is 0 Å². The Labute approximate surface area is 156 Å². The Morgan fingerprint density at radius 1 is 0.577 bits per heavy atom. The number of hydrogen-bond donors (Lipinski definition) is 0. The Morgan fingerprint density at radius 3 is 1.62 bits per heavy atom. The molecule has 0 nitrogen and oxygen atoms in total. The van der Waals surface area contributed by atoms with Crippen molar-refractivity contribution >= 4 is 53.3 Å². The molecular weight excluding hydrogens is 328 g/mol. The largest absolute Gasteiger partial charge is 0.115 e. The summed E-state index contributed by atoms with van der Waals surface area (Å²) in [4.78, 5) is 0. The van der Waals surface area contributed by atoms with E-state index in [0.717, 1.165) is 10.9 Å². The van der Waals surface area contributed by atoms with Gasteiger partial charge in [0.15, 0.2) is 0 Å². The van der Waals surface area contributed by atoms with E-state index in [1.807, 2.05) is 12.1 Å². The van der Waals surface area contributed by atoms with E-state index in [1.165, 1.54) is 47.9 Å². The average Bonchev–Trinajstić information content (AvgIpc) is 2.70. The summed E-state index contributed by atoms with van der Waals surface area (Å²) in [5.74, 6) is 2.80. The first-order chi connectivity index (χ1) is 12.8. The molecule has 0 saturated carbocycles. The summed E-state index contributed by atoms with van der Waals surface area (Å²) < 4.78 is 0. The van der Waals surface area contributed by atoms with Gasteiger partial charge in [0.1, 0.15) is 0 Å². The SMILES string of the molecule is C#Cc1cccc2cc3cc4cc5ccccc5cc4cc3cc12.C[SiH3]. The molecule has 0 bridgehead atoms. The van der Waals surface area contributed by atoms with Crippen molar-refractivity contribution in [1.82, 2.24) is 0 Å². The Hall–Kier alpha value is -3.08. The summed E-state index contributed by atoms with van der Waals surface area (Å²) in [6.07, 6.45) is 5.66. The number of terminal acetylenes is 1. The Balaban J connectivity index is 0.000000814. The summed E-state index contributed by atoms with van der Waals surface area (Å²) in [7, 11) is 1.31. The van der Waals surface area contributed by atoms with Crippen molar-refractivity contribution in [2.75, 3.05) is 0 Å². The van der Waals surface area contributed by atoms with Crippen LogP contribution in [0.15, 0.2) is 78.9 Å². The third-order valence-corrected chi connectivity index (χ3v) is 4.81. The van der Waals surface area contributed by atoms with Crippen molar-refractivity contribution in [3.8, 4) is 12.3 Å². The second-order valence-electron chi connectivity index (χ2n) is 6.27. The highest BCUT2D eigenvalue weighted by Gasteiger charge is 2.05. The first kappa shape index (κ1) is 16.4.